The quantitative estimate of drug-likeness (QED) is 0.142. The molecule has 0 fully saturated rings. The van der Waals surface area contributed by atoms with E-state index >= 15 is 0 Å². The zero-order valence-electron chi connectivity index (χ0n) is 31.3. The van der Waals surface area contributed by atoms with Crippen molar-refractivity contribution in [2.45, 2.75) is 0 Å². The molecule has 2 nitrogen and oxygen atoms in total. The first-order chi connectivity index (χ1) is 28.3. The first-order valence-corrected chi connectivity index (χ1v) is 25.4. The number of fused-ring (bicyclic) bond motifs is 6. The van der Waals surface area contributed by atoms with Gasteiger partial charge in [-0.1, -0.05) is 36.4 Å². The van der Waals surface area contributed by atoms with Gasteiger partial charge in [-0.15, -0.1) is 0 Å². The average Bonchev–Trinajstić information content (AvgIpc) is 3.81. The first kappa shape index (κ1) is 33.7. The van der Waals surface area contributed by atoms with Crippen molar-refractivity contribution in [2.75, 3.05) is 0 Å². The standard InChI is InChI=1S/C36H23N2.3C6H5.Sn/c1-2-11-25(12-3-1)26-13-10-14-27(23-26)37-35-20-9-6-17-31(35)32-24-28(21-22-36(32)37)38-33-18-7-4-15-29(33)30-16-5-8-19-34(30)38;3*1-2-4-6-5-3-1;/h1-2,4-24H;3*1-5H;. The summed E-state index contributed by atoms with van der Waals surface area (Å²) < 4.78 is 10.6. The number of hydrogen-bond acceptors (Lipinski definition) is 0. The van der Waals surface area contributed by atoms with Crippen molar-refractivity contribution < 1.29 is 0 Å². The Morgan fingerprint density at radius 3 is 1.16 bits per heavy atom. The molecule has 11 aromatic rings. The van der Waals surface area contributed by atoms with Crippen LogP contribution in [0, 0.1) is 0 Å². The zero-order chi connectivity index (χ0) is 37.8. The summed E-state index contributed by atoms with van der Waals surface area (Å²) in [5.41, 5.74) is 9.58. The molecule has 268 valence electrons. The van der Waals surface area contributed by atoms with Gasteiger partial charge in [-0.3, -0.25) is 0 Å². The molecule has 2 aromatic heterocycles. The Morgan fingerprint density at radius 1 is 0.246 bits per heavy atom. The number of aromatic nitrogens is 2. The molecule has 3 heteroatoms. The van der Waals surface area contributed by atoms with Gasteiger partial charge >= 0.3 is 268 Å². The number of nitrogens with zero attached hydrogens (tertiary/aromatic N) is 2. The molecule has 11 rings (SSSR count). The number of hydrogen-bond donors (Lipinski definition) is 0. The van der Waals surface area contributed by atoms with E-state index in [9.17, 15) is 0 Å². The fourth-order valence-corrected chi connectivity index (χ4v) is 23.1. The molecule has 0 radical (unpaired) electrons. The third kappa shape index (κ3) is 5.39. The van der Waals surface area contributed by atoms with Crippen LogP contribution in [-0.2, 0) is 0 Å². The molecule has 57 heavy (non-hydrogen) atoms. The molecule has 0 spiro atoms. The predicted molar refractivity (Wildman–Crippen MR) is 244 cm³/mol. The summed E-state index contributed by atoms with van der Waals surface area (Å²) in [7, 11) is 0. The van der Waals surface area contributed by atoms with Gasteiger partial charge in [-0.2, -0.15) is 0 Å². The fourth-order valence-electron chi connectivity index (χ4n) is 9.40. The Morgan fingerprint density at radius 2 is 0.632 bits per heavy atom. The van der Waals surface area contributed by atoms with E-state index in [0.717, 1.165) is 5.69 Å². The van der Waals surface area contributed by atoms with E-state index in [2.05, 4.69) is 240 Å². The number of benzene rings is 9. The Labute approximate surface area is 336 Å². The Balaban J connectivity index is 1.08. The minimum absolute atomic E-state index is 1.15. The molecule has 0 atom stereocenters. The summed E-state index contributed by atoms with van der Waals surface area (Å²) in [5.74, 6) is 0. The van der Waals surface area contributed by atoms with Crippen molar-refractivity contribution in [2.24, 2.45) is 0 Å². The molecule has 0 saturated carbocycles. The van der Waals surface area contributed by atoms with Crippen LogP contribution in [0.25, 0.3) is 66.1 Å². The second kappa shape index (κ2) is 13.8. The minimum atomic E-state index is -3.78. The maximum absolute atomic E-state index is 3.78. The van der Waals surface area contributed by atoms with Crippen LogP contribution in [-0.4, -0.2) is 27.5 Å². The van der Waals surface area contributed by atoms with Gasteiger partial charge in [-0.25, -0.2) is 0 Å². The third-order valence-corrected chi connectivity index (χ3v) is 25.5. The van der Waals surface area contributed by atoms with E-state index in [-0.39, 0.29) is 0 Å². The topological polar surface area (TPSA) is 9.86 Å². The van der Waals surface area contributed by atoms with Crippen molar-refractivity contribution in [1.82, 2.24) is 9.13 Å². The van der Waals surface area contributed by atoms with Gasteiger partial charge in [0.1, 0.15) is 0 Å². The number of rotatable bonds is 7. The second-order valence-electron chi connectivity index (χ2n) is 14.9. The van der Waals surface area contributed by atoms with E-state index < -0.39 is 18.4 Å². The second-order valence-corrected chi connectivity index (χ2v) is 25.8. The summed E-state index contributed by atoms with van der Waals surface area (Å²) in [6.45, 7) is 0. The fraction of sp³-hybridized carbons (Fsp3) is 0. The van der Waals surface area contributed by atoms with Crippen molar-refractivity contribution in [3.63, 3.8) is 0 Å². The molecule has 2 heterocycles. The van der Waals surface area contributed by atoms with Crippen LogP contribution in [0.1, 0.15) is 0 Å². The van der Waals surface area contributed by atoms with E-state index in [1.54, 1.807) is 0 Å². The van der Waals surface area contributed by atoms with Crippen LogP contribution >= 0.6 is 0 Å². The molecule has 0 aliphatic heterocycles. The average molecular weight is 834 g/mol. The van der Waals surface area contributed by atoms with Gasteiger partial charge in [0.15, 0.2) is 0 Å². The Hall–Kier alpha value is -6.62. The van der Waals surface area contributed by atoms with E-state index in [1.807, 2.05) is 0 Å². The third-order valence-electron chi connectivity index (χ3n) is 11.8. The molecule has 0 aliphatic carbocycles. The molecule has 0 unspecified atom stereocenters. The van der Waals surface area contributed by atoms with Gasteiger partial charge in [0.25, 0.3) is 0 Å². The molecule has 0 bridgehead atoms. The Bertz CT molecular complexity index is 3080. The van der Waals surface area contributed by atoms with Gasteiger partial charge in [0, 0.05) is 10.8 Å². The molecule has 0 N–H and O–H groups in total. The van der Waals surface area contributed by atoms with E-state index in [4.69, 9.17) is 0 Å². The van der Waals surface area contributed by atoms with Gasteiger partial charge in [0.05, 0.1) is 11.0 Å². The summed E-state index contributed by atoms with van der Waals surface area (Å²) in [6, 6.07) is 85.6. The van der Waals surface area contributed by atoms with E-state index in [1.165, 1.54) is 74.7 Å². The zero-order valence-corrected chi connectivity index (χ0v) is 34.2. The maximum atomic E-state index is 2.49. The SMILES string of the molecule is c1cc[c]([Sn]([c]2ccccc2)([c]2ccccc2)[c]2cccc(-c3cccc(-n4c5ccccc5c5cc(-n6c7ccccc7c7ccccc76)ccc54)c3)c2)cc1. The van der Waals surface area contributed by atoms with Crippen molar-refractivity contribution >= 4 is 76.3 Å². The molecular weight excluding hydrogens is 795 g/mol. The van der Waals surface area contributed by atoms with Gasteiger partial charge < -0.3 is 0 Å². The first-order valence-electron chi connectivity index (χ1n) is 19.7. The normalized spacial score (nSPS) is 11.9. The van der Waals surface area contributed by atoms with Crippen LogP contribution in [0.4, 0.5) is 0 Å². The molecule has 0 aliphatic rings. The summed E-state index contributed by atoms with van der Waals surface area (Å²) in [4.78, 5) is 0. The van der Waals surface area contributed by atoms with Gasteiger partial charge in [0.2, 0.25) is 0 Å². The summed E-state index contributed by atoms with van der Waals surface area (Å²) >= 11 is -3.78. The molecule has 9 aromatic carbocycles. The summed E-state index contributed by atoms with van der Waals surface area (Å²) in [5, 5.41) is 5.03. The van der Waals surface area contributed by atoms with Crippen LogP contribution in [0.5, 0.6) is 0 Å². The van der Waals surface area contributed by atoms with Crippen LogP contribution in [0.15, 0.2) is 231 Å². The Kier molecular flexibility index (Phi) is 8.18. The monoisotopic (exact) mass is 834 g/mol. The molecular formula is C54H38N2Sn. The van der Waals surface area contributed by atoms with Crippen molar-refractivity contribution in [3.8, 4) is 22.5 Å². The van der Waals surface area contributed by atoms with Crippen LogP contribution < -0.4 is 14.3 Å². The molecule has 0 saturated heterocycles. The van der Waals surface area contributed by atoms with Gasteiger partial charge in [-0.05, 0) is 12.1 Å². The molecule has 0 amide bonds. The predicted octanol–water partition coefficient (Wildman–Crippen LogP) is 10.9. The summed E-state index contributed by atoms with van der Waals surface area (Å²) in [6.07, 6.45) is 0. The number of para-hydroxylation sites is 3. The van der Waals surface area contributed by atoms with E-state index in [0.29, 0.717) is 0 Å². The van der Waals surface area contributed by atoms with Crippen molar-refractivity contribution in [1.29, 1.82) is 0 Å². The van der Waals surface area contributed by atoms with Crippen LogP contribution in [0.2, 0.25) is 0 Å². The van der Waals surface area contributed by atoms with Crippen LogP contribution in [0.3, 0.4) is 0 Å². The van der Waals surface area contributed by atoms with Crippen molar-refractivity contribution in [3.05, 3.63) is 231 Å².